The quantitative estimate of drug-likeness (QED) is 0.781. The molecule has 3 nitrogen and oxygen atoms in total. The minimum Gasteiger partial charge on any atom is -0.207 e. The molecule has 0 spiro atoms. The van der Waals surface area contributed by atoms with Crippen molar-refractivity contribution in [2.24, 2.45) is 0 Å². The van der Waals surface area contributed by atoms with Gasteiger partial charge in [0.2, 0.25) is 10.0 Å². The molecule has 0 radical (unpaired) electrons. The van der Waals surface area contributed by atoms with Gasteiger partial charge in [0.25, 0.3) is 0 Å². The lowest BCUT2D eigenvalue weighted by Gasteiger charge is -2.19. The molecule has 1 heterocycles. The average Bonchev–Trinajstić information content (AvgIpc) is 3.13. The molecule has 2 fully saturated rings. The van der Waals surface area contributed by atoms with Gasteiger partial charge in [-0.05, 0) is 36.0 Å². The van der Waals surface area contributed by atoms with Gasteiger partial charge in [0.05, 0.1) is 4.90 Å². The molecule has 116 valence electrons. The first kappa shape index (κ1) is 15.0. The number of sulfonamides is 1. The van der Waals surface area contributed by atoms with Crippen LogP contribution in [0.5, 0.6) is 0 Å². The second kappa shape index (κ2) is 5.10. The first-order chi connectivity index (χ1) is 9.82. The number of nitrogens with zero attached hydrogens (tertiary/aromatic N) is 1. The summed E-state index contributed by atoms with van der Waals surface area (Å²) < 4.78 is 27.3. The number of hydrogen-bond acceptors (Lipinski definition) is 2. The Balaban J connectivity index is 1.83. The summed E-state index contributed by atoms with van der Waals surface area (Å²) in [6, 6.07) is 7.97. The van der Waals surface area contributed by atoms with Gasteiger partial charge in [0.1, 0.15) is 0 Å². The maximum atomic E-state index is 12.8. The fraction of sp³-hybridized carbons (Fsp3) is 0.647. The van der Waals surface area contributed by atoms with Gasteiger partial charge in [-0.25, -0.2) is 8.42 Å². The van der Waals surface area contributed by atoms with Crippen molar-refractivity contribution in [3.8, 4) is 0 Å². The van der Waals surface area contributed by atoms with Crippen LogP contribution in [0.4, 0.5) is 0 Å². The second-order valence-corrected chi connectivity index (χ2v) is 9.23. The van der Waals surface area contributed by atoms with E-state index in [1.807, 2.05) is 12.1 Å². The fourth-order valence-electron chi connectivity index (χ4n) is 3.44. The summed E-state index contributed by atoms with van der Waals surface area (Å²) in [5.41, 5.74) is 1.22. The zero-order valence-electron chi connectivity index (χ0n) is 13.2. The number of rotatable bonds is 2. The Hall–Kier alpha value is -0.870. The van der Waals surface area contributed by atoms with Crippen LogP contribution in [0, 0.1) is 0 Å². The Morgan fingerprint density at radius 1 is 0.952 bits per heavy atom. The van der Waals surface area contributed by atoms with E-state index in [-0.39, 0.29) is 17.5 Å². The van der Waals surface area contributed by atoms with Gasteiger partial charge in [-0.3, -0.25) is 0 Å². The maximum Gasteiger partial charge on any atom is 0.243 e. The van der Waals surface area contributed by atoms with Gasteiger partial charge >= 0.3 is 0 Å². The van der Waals surface area contributed by atoms with Gasteiger partial charge < -0.3 is 0 Å². The molecule has 0 N–H and O–H groups in total. The van der Waals surface area contributed by atoms with Crippen LogP contribution in [0.3, 0.4) is 0 Å². The van der Waals surface area contributed by atoms with E-state index in [1.54, 1.807) is 16.4 Å². The predicted molar refractivity (Wildman–Crippen MR) is 84.8 cm³/mol. The standard InChI is InChI=1S/C17H25NO2S/c1-17(2,3)13-9-11-14(12-10-13)21(19,20)18-15-7-5-4-6-8-16(15)18/h9-12,15-16H,4-8H2,1-3H3/t15-,16+,18?. The molecule has 3 atom stereocenters. The molecule has 1 aliphatic heterocycles. The summed E-state index contributed by atoms with van der Waals surface area (Å²) in [4.78, 5) is 0.448. The van der Waals surface area contributed by atoms with Crippen LogP contribution in [0.25, 0.3) is 0 Å². The van der Waals surface area contributed by atoms with E-state index < -0.39 is 10.0 Å². The number of benzene rings is 1. The summed E-state index contributed by atoms with van der Waals surface area (Å²) in [6.45, 7) is 6.41. The molecule has 21 heavy (non-hydrogen) atoms. The van der Waals surface area contributed by atoms with Gasteiger partial charge in [-0.1, -0.05) is 52.2 Å². The van der Waals surface area contributed by atoms with Gasteiger partial charge in [-0.15, -0.1) is 0 Å². The summed E-state index contributed by atoms with van der Waals surface area (Å²) in [6.07, 6.45) is 5.64. The van der Waals surface area contributed by atoms with Crippen molar-refractivity contribution in [3.63, 3.8) is 0 Å². The van der Waals surface area contributed by atoms with E-state index in [4.69, 9.17) is 0 Å². The lowest BCUT2D eigenvalue weighted by molar-refractivity contribution is 0.516. The van der Waals surface area contributed by atoms with Crippen molar-refractivity contribution in [1.82, 2.24) is 4.31 Å². The van der Waals surface area contributed by atoms with Crippen LogP contribution < -0.4 is 0 Å². The molecular formula is C17H25NO2S. The zero-order chi connectivity index (χ0) is 15.3. The van der Waals surface area contributed by atoms with Crippen molar-refractivity contribution in [2.75, 3.05) is 0 Å². The van der Waals surface area contributed by atoms with E-state index in [2.05, 4.69) is 20.8 Å². The largest absolute Gasteiger partial charge is 0.243 e. The highest BCUT2D eigenvalue weighted by atomic mass is 32.2. The van der Waals surface area contributed by atoms with Crippen LogP contribution in [-0.4, -0.2) is 24.8 Å². The lowest BCUT2D eigenvalue weighted by atomic mass is 9.87. The molecule has 1 unspecified atom stereocenters. The lowest BCUT2D eigenvalue weighted by Crippen LogP contribution is -2.17. The molecule has 1 aromatic rings. The average molecular weight is 307 g/mol. The Labute approximate surface area is 128 Å². The first-order valence-electron chi connectivity index (χ1n) is 7.96. The molecule has 0 aromatic heterocycles. The Morgan fingerprint density at radius 2 is 1.48 bits per heavy atom. The Morgan fingerprint density at radius 3 is 1.95 bits per heavy atom. The third-order valence-corrected chi connectivity index (χ3v) is 6.77. The highest BCUT2D eigenvalue weighted by Gasteiger charge is 2.54. The smallest absolute Gasteiger partial charge is 0.207 e. The van der Waals surface area contributed by atoms with Crippen molar-refractivity contribution >= 4 is 10.0 Å². The van der Waals surface area contributed by atoms with Gasteiger partial charge in [0, 0.05) is 12.1 Å². The van der Waals surface area contributed by atoms with Gasteiger partial charge in [-0.2, -0.15) is 4.31 Å². The molecule has 3 rings (SSSR count). The molecule has 1 saturated heterocycles. The summed E-state index contributed by atoms with van der Waals surface area (Å²) in [5, 5.41) is 0. The van der Waals surface area contributed by atoms with E-state index in [0.717, 1.165) is 25.7 Å². The van der Waals surface area contributed by atoms with E-state index in [9.17, 15) is 8.42 Å². The Bertz CT molecular complexity index is 601. The van der Waals surface area contributed by atoms with Crippen LogP contribution in [0.15, 0.2) is 29.2 Å². The maximum absolute atomic E-state index is 12.8. The summed E-state index contributed by atoms with van der Waals surface area (Å²) in [7, 11) is -3.29. The summed E-state index contributed by atoms with van der Waals surface area (Å²) >= 11 is 0. The Kier molecular flexibility index (Phi) is 3.65. The highest BCUT2D eigenvalue weighted by Crippen LogP contribution is 2.43. The fourth-order valence-corrected chi connectivity index (χ4v) is 5.31. The van der Waals surface area contributed by atoms with Crippen LogP contribution in [0.2, 0.25) is 0 Å². The van der Waals surface area contributed by atoms with E-state index in [0.29, 0.717) is 4.90 Å². The van der Waals surface area contributed by atoms with Crippen molar-refractivity contribution in [2.45, 2.75) is 75.3 Å². The molecular weight excluding hydrogens is 282 g/mol. The highest BCUT2D eigenvalue weighted by molar-refractivity contribution is 7.89. The van der Waals surface area contributed by atoms with Crippen molar-refractivity contribution in [3.05, 3.63) is 29.8 Å². The molecule has 2 aliphatic rings. The zero-order valence-corrected chi connectivity index (χ0v) is 14.0. The molecule has 0 bridgehead atoms. The molecule has 4 heteroatoms. The summed E-state index contributed by atoms with van der Waals surface area (Å²) in [5.74, 6) is 0. The van der Waals surface area contributed by atoms with Crippen molar-refractivity contribution < 1.29 is 8.42 Å². The number of fused-ring (bicyclic) bond motifs is 1. The van der Waals surface area contributed by atoms with Crippen LogP contribution >= 0.6 is 0 Å². The van der Waals surface area contributed by atoms with Crippen LogP contribution in [0.1, 0.15) is 58.4 Å². The van der Waals surface area contributed by atoms with Gasteiger partial charge in [0.15, 0.2) is 0 Å². The topological polar surface area (TPSA) is 37.1 Å². The molecule has 0 amide bonds. The SMILES string of the molecule is CC(C)(C)c1ccc(S(=O)(=O)N2[C@@H]3CCCCC[C@@H]32)cc1. The minimum atomic E-state index is -3.29. The third-order valence-electron chi connectivity index (χ3n) is 4.80. The normalized spacial score (nSPS) is 29.6. The first-order valence-corrected chi connectivity index (χ1v) is 9.40. The van der Waals surface area contributed by atoms with E-state index >= 15 is 0 Å². The van der Waals surface area contributed by atoms with Crippen LogP contribution in [-0.2, 0) is 15.4 Å². The number of hydrogen-bond donors (Lipinski definition) is 0. The molecule has 1 saturated carbocycles. The minimum absolute atomic E-state index is 0.0497. The second-order valence-electron chi connectivity index (χ2n) is 7.38. The van der Waals surface area contributed by atoms with Crippen molar-refractivity contribution in [1.29, 1.82) is 0 Å². The van der Waals surface area contributed by atoms with E-state index in [1.165, 1.54) is 12.0 Å². The molecule has 1 aliphatic carbocycles. The molecule has 1 aromatic carbocycles. The predicted octanol–water partition coefficient (Wildman–Crippen LogP) is 3.69. The monoisotopic (exact) mass is 307 g/mol. The third kappa shape index (κ3) is 2.76.